The Kier molecular flexibility index (Phi) is 2.92. The summed E-state index contributed by atoms with van der Waals surface area (Å²) >= 11 is 6.11. The zero-order valence-corrected chi connectivity index (χ0v) is 10.6. The number of ether oxygens (including phenoxy) is 1. The minimum atomic E-state index is -0.856. The predicted octanol–water partition coefficient (Wildman–Crippen LogP) is 3.19. The van der Waals surface area contributed by atoms with Gasteiger partial charge in [-0.25, -0.2) is 4.79 Å². The van der Waals surface area contributed by atoms with E-state index in [2.05, 4.69) is 0 Å². The quantitative estimate of drug-likeness (QED) is 0.850. The van der Waals surface area contributed by atoms with Crippen molar-refractivity contribution in [1.29, 1.82) is 0 Å². The van der Waals surface area contributed by atoms with Gasteiger partial charge in [-0.3, -0.25) is 0 Å². The van der Waals surface area contributed by atoms with Crippen molar-refractivity contribution >= 4 is 17.7 Å². The third-order valence-corrected chi connectivity index (χ3v) is 3.92. The van der Waals surface area contributed by atoms with Gasteiger partial charge in [0.1, 0.15) is 0 Å². The Morgan fingerprint density at radius 2 is 2.28 bits per heavy atom. The van der Waals surface area contributed by atoms with Gasteiger partial charge in [0.05, 0.1) is 19.3 Å². The number of rotatable bonds is 1. The number of hydrogen-bond acceptors (Lipinski definition) is 2. The molecule has 0 saturated carbocycles. The zero-order chi connectivity index (χ0) is 12.7. The lowest BCUT2D eigenvalue weighted by Crippen LogP contribution is -2.29. The van der Waals surface area contributed by atoms with Gasteiger partial charge in [0.25, 0.3) is 0 Å². The molecule has 1 fully saturated rings. The van der Waals surface area contributed by atoms with Crippen LogP contribution in [0.1, 0.15) is 35.6 Å². The summed E-state index contributed by atoms with van der Waals surface area (Å²) in [5.41, 5.74) is 3.24. The Balaban J connectivity index is 2.04. The molecule has 1 saturated heterocycles. The fourth-order valence-electron chi connectivity index (χ4n) is 2.90. The highest BCUT2D eigenvalue weighted by Gasteiger charge is 2.33. The first-order valence-electron chi connectivity index (χ1n) is 6.05. The van der Waals surface area contributed by atoms with Crippen molar-refractivity contribution in [3.63, 3.8) is 0 Å². The summed E-state index contributed by atoms with van der Waals surface area (Å²) in [5.74, 6) is 0. The van der Waals surface area contributed by atoms with E-state index in [1.165, 1.54) is 4.90 Å². The lowest BCUT2D eigenvalue weighted by Gasteiger charge is -2.24. The average molecular weight is 268 g/mol. The van der Waals surface area contributed by atoms with Gasteiger partial charge in [-0.15, -0.1) is 0 Å². The van der Waals surface area contributed by atoms with Gasteiger partial charge in [0.2, 0.25) is 0 Å². The number of amides is 1. The lowest BCUT2D eigenvalue weighted by atomic mass is 9.96. The van der Waals surface area contributed by atoms with Gasteiger partial charge in [0.15, 0.2) is 0 Å². The van der Waals surface area contributed by atoms with Crippen LogP contribution < -0.4 is 0 Å². The third-order valence-electron chi connectivity index (χ3n) is 3.70. The Morgan fingerprint density at radius 1 is 1.44 bits per heavy atom. The molecular formula is C13H14ClNO3. The van der Waals surface area contributed by atoms with Crippen LogP contribution in [0.15, 0.2) is 12.1 Å². The second-order valence-electron chi connectivity index (χ2n) is 4.76. The van der Waals surface area contributed by atoms with Gasteiger partial charge >= 0.3 is 6.09 Å². The maximum atomic E-state index is 11.2. The summed E-state index contributed by atoms with van der Waals surface area (Å²) in [7, 11) is 0. The molecule has 0 spiro atoms. The van der Waals surface area contributed by atoms with Crippen molar-refractivity contribution in [2.24, 2.45) is 0 Å². The number of hydrogen-bond donors (Lipinski definition) is 1. The van der Waals surface area contributed by atoms with Gasteiger partial charge < -0.3 is 14.7 Å². The van der Waals surface area contributed by atoms with Crippen molar-refractivity contribution < 1.29 is 14.6 Å². The minimum absolute atomic E-state index is 0.0725. The monoisotopic (exact) mass is 267 g/mol. The van der Waals surface area contributed by atoms with Crippen LogP contribution in [0.25, 0.3) is 0 Å². The van der Waals surface area contributed by atoms with Crippen molar-refractivity contribution in [2.75, 3.05) is 6.54 Å². The fraction of sp³-hybridized carbons (Fsp3) is 0.462. The van der Waals surface area contributed by atoms with Crippen LogP contribution in [0.2, 0.25) is 5.02 Å². The van der Waals surface area contributed by atoms with Crippen LogP contribution in [0, 0.1) is 0 Å². The van der Waals surface area contributed by atoms with E-state index in [9.17, 15) is 9.90 Å². The number of carboxylic acid groups (broad SMARTS) is 1. The molecular weight excluding hydrogens is 254 g/mol. The van der Waals surface area contributed by atoms with Gasteiger partial charge in [0, 0.05) is 11.6 Å². The Morgan fingerprint density at radius 3 is 3.06 bits per heavy atom. The lowest BCUT2D eigenvalue weighted by molar-refractivity contribution is 0.131. The maximum absolute atomic E-state index is 11.2. The first kappa shape index (κ1) is 11.8. The Labute approximate surface area is 110 Å². The van der Waals surface area contributed by atoms with E-state index in [0.717, 1.165) is 29.5 Å². The topological polar surface area (TPSA) is 49.8 Å². The molecule has 96 valence electrons. The highest BCUT2D eigenvalue weighted by Crippen LogP contribution is 2.38. The standard InChI is InChI=1S/C13H14ClNO3/c14-9-4-8-6-18-7-11(8)10(5-9)12-2-1-3-15(12)13(16)17/h4-5,12H,1-3,6-7H2,(H,16,17). The predicted molar refractivity (Wildman–Crippen MR) is 66.7 cm³/mol. The summed E-state index contributed by atoms with van der Waals surface area (Å²) in [5, 5.41) is 9.88. The van der Waals surface area contributed by atoms with E-state index in [4.69, 9.17) is 16.3 Å². The number of carbonyl (C=O) groups is 1. The highest BCUT2D eigenvalue weighted by atomic mass is 35.5. The molecule has 1 aromatic rings. The van der Waals surface area contributed by atoms with E-state index in [1.54, 1.807) is 0 Å². The van der Waals surface area contributed by atoms with E-state index in [-0.39, 0.29) is 6.04 Å². The normalized spacial score (nSPS) is 22.3. The first-order valence-corrected chi connectivity index (χ1v) is 6.43. The molecule has 3 rings (SSSR count). The third kappa shape index (κ3) is 1.85. The number of nitrogens with zero attached hydrogens (tertiary/aromatic N) is 1. The van der Waals surface area contributed by atoms with Gasteiger partial charge in [-0.05, 0) is 41.7 Å². The average Bonchev–Trinajstić information content (AvgIpc) is 2.95. The maximum Gasteiger partial charge on any atom is 0.407 e. The van der Waals surface area contributed by atoms with Crippen LogP contribution >= 0.6 is 11.6 Å². The number of benzene rings is 1. The van der Waals surface area contributed by atoms with E-state index in [1.807, 2.05) is 12.1 Å². The van der Waals surface area contributed by atoms with Crippen LogP contribution in [-0.2, 0) is 18.0 Å². The largest absolute Gasteiger partial charge is 0.465 e. The second-order valence-corrected chi connectivity index (χ2v) is 5.20. The van der Waals surface area contributed by atoms with E-state index in [0.29, 0.717) is 24.8 Å². The summed E-state index contributed by atoms with van der Waals surface area (Å²) in [4.78, 5) is 12.7. The molecule has 2 heterocycles. The first-order chi connectivity index (χ1) is 8.66. The molecule has 1 aromatic carbocycles. The van der Waals surface area contributed by atoms with Crippen molar-refractivity contribution in [2.45, 2.75) is 32.1 Å². The Hall–Kier alpha value is -1.26. The molecule has 5 heteroatoms. The number of likely N-dealkylation sites (tertiary alicyclic amines) is 1. The van der Waals surface area contributed by atoms with Gasteiger partial charge in [-0.2, -0.15) is 0 Å². The Bertz CT molecular complexity index is 503. The smallest absolute Gasteiger partial charge is 0.407 e. The summed E-state index contributed by atoms with van der Waals surface area (Å²) in [6, 6.07) is 3.73. The molecule has 2 aliphatic heterocycles. The van der Waals surface area contributed by atoms with Crippen LogP contribution in [-0.4, -0.2) is 22.6 Å². The zero-order valence-electron chi connectivity index (χ0n) is 9.86. The molecule has 1 unspecified atom stereocenters. The molecule has 0 radical (unpaired) electrons. The molecule has 18 heavy (non-hydrogen) atoms. The van der Waals surface area contributed by atoms with Crippen molar-refractivity contribution in [1.82, 2.24) is 4.90 Å². The second kappa shape index (κ2) is 4.44. The van der Waals surface area contributed by atoms with Crippen molar-refractivity contribution in [3.8, 4) is 0 Å². The van der Waals surface area contributed by atoms with E-state index >= 15 is 0 Å². The molecule has 0 bridgehead atoms. The molecule has 1 atom stereocenters. The molecule has 1 N–H and O–H groups in total. The molecule has 4 nitrogen and oxygen atoms in total. The van der Waals surface area contributed by atoms with E-state index < -0.39 is 6.09 Å². The van der Waals surface area contributed by atoms with Crippen LogP contribution in [0.4, 0.5) is 4.79 Å². The minimum Gasteiger partial charge on any atom is -0.465 e. The molecule has 1 amide bonds. The SMILES string of the molecule is O=C(O)N1CCCC1c1cc(Cl)cc2c1COC2. The molecule has 0 aliphatic carbocycles. The fourth-order valence-corrected chi connectivity index (χ4v) is 3.15. The molecule has 0 aromatic heterocycles. The highest BCUT2D eigenvalue weighted by molar-refractivity contribution is 6.30. The van der Waals surface area contributed by atoms with Gasteiger partial charge in [-0.1, -0.05) is 11.6 Å². The summed E-state index contributed by atoms with van der Waals surface area (Å²) in [6.45, 7) is 1.73. The molecule has 2 aliphatic rings. The van der Waals surface area contributed by atoms with Crippen molar-refractivity contribution in [3.05, 3.63) is 33.8 Å². The summed E-state index contributed by atoms with van der Waals surface area (Å²) < 4.78 is 5.44. The van der Waals surface area contributed by atoms with Crippen LogP contribution in [0.5, 0.6) is 0 Å². The number of fused-ring (bicyclic) bond motifs is 1. The number of halogens is 1. The summed E-state index contributed by atoms with van der Waals surface area (Å²) in [6.07, 6.45) is 0.906. The van der Waals surface area contributed by atoms with Crippen LogP contribution in [0.3, 0.4) is 0 Å².